The molecule has 0 bridgehead atoms. The van der Waals surface area contributed by atoms with Crippen molar-refractivity contribution in [3.63, 3.8) is 0 Å². The molecule has 7 nitrogen and oxygen atoms in total. The summed E-state index contributed by atoms with van der Waals surface area (Å²) in [5.74, 6) is -2.76. The Balaban J connectivity index is 0.000000224. The molecule has 2 heterocycles. The van der Waals surface area contributed by atoms with Gasteiger partial charge in [0.1, 0.15) is 12.7 Å². The summed E-state index contributed by atoms with van der Waals surface area (Å²) < 4.78 is 39.2. The van der Waals surface area contributed by atoms with E-state index < -0.39 is 12.1 Å². The number of nitrogens with zero attached hydrogens (tertiary/aromatic N) is 3. The molecule has 1 aliphatic rings. The summed E-state index contributed by atoms with van der Waals surface area (Å²) in [6.07, 6.45) is -1.41. The van der Waals surface area contributed by atoms with E-state index in [2.05, 4.69) is 15.5 Å². The van der Waals surface area contributed by atoms with Gasteiger partial charge in [0.15, 0.2) is 0 Å². The number of carbonyl (C=O) groups is 1. The van der Waals surface area contributed by atoms with Crippen LogP contribution in [0.3, 0.4) is 0 Å². The number of aromatic nitrogens is 3. The Kier molecular flexibility index (Phi) is 5.70. The first-order valence-corrected chi connectivity index (χ1v) is 5.34. The highest BCUT2D eigenvalue weighted by Gasteiger charge is 2.38. The molecule has 1 aliphatic heterocycles. The molecule has 108 valence electrons. The topological polar surface area (TPSA) is 89.3 Å². The number of aliphatic carboxylic acids is 1. The standard InChI is InChI=1S/C7H12N4O.C2HF3O2/c1-2-12-7(3-8-1)4-11-5-9-10-6-11;3-2(4,5)1(6)7/h5-8H,1-4H2;(H,6,7). The van der Waals surface area contributed by atoms with Gasteiger partial charge < -0.3 is 19.7 Å². The Hall–Kier alpha value is -1.68. The summed E-state index contributed by atoms with van der Waals surface area (Å²) in [4.78, 5) is 8.90. The molecule has 0 radical (unpaired) electrons. The van der Waals surface area contributed by atoms with E-state index in [9.17, 15) is 13.2 Å². The summed E-state index contributed by atoms with van der Waals surface area (Å²) in [5.41, 5.74) is 0. The zero-order chi connectivity index (χ0) is 14.3. The van der Waals surface area contributed by atoms with E-state index in [-0.39, 0.29) is 6.10 Å². The molecule has 0 spiro atoms. The molecule has 0 aliphatic carbocycles. The number of ether oxygens (including phenoxy) is 1. The van der Waals surface area contributed by atoms with Crippen LogP contribution in [-0.4, -0.2) is 57.8 Å². The molecule has 1 unspecified atom stereocenters. The summed E-state index contributed by atoms with van der Waals surface area (Å²) in [7, 11) is 0. The number of nitrogens with one attached hydrogen (secondary N) is 1. The Bertz CT molecular complexity index is 377. The van der Waals surface area contributed by atoms with Crippen molar-refractivity contribution in [1.29, 1.82) is 0 Å². The quantitative estimate of drug-likeness (QED) is 0.787. The third kappa shape index (κ3) is 6.15. The van der Waals surface area contributed by atoms with Gasteiger partial charge in [-0.3, -0.25) is 0 Å². The Morgan fingerprint density at radius 2 is 2.05 bits per heavy atom. The molecule has 10 heteroatoms. The molecule has 1 saturated heterocycles. The highest BCUT2D eigenvalue weighted by molar-refractivity contribution is 5.73. The lowest BCUT2D eigenvalue weighted by Gasteiger charge is -2.23. The molecule has 19 heavy (non-hydrogen) atoms. The van der Waals surface area contributed by atoms with Crippen molar-refractivity contribution in [2.75, 3.05) is 19.7 Å². The van der Waals surface area contributed by atoms with Crippen molar-refractivity contribution in [3.05, 3.63) is 12.7 Å². The predicted molar refractivity (Wildman–Crippen MR) is 56.3 cm³/mol. The van der Waals surface area contributed by atoms with E-state index in [0.29, 0.717) is 0 Å². The summed E-state index contributed by atoms with van der Waals surface area (Å²) >= 11 is 0. The number of carboxylic acid groups (broad SMARTS) is 1. The largest absolute Gasteiger partial charge is 0.490 e. The first kappa shape index (κ1) is 15.4. The minimum atomic E-state index is -5.08. The highest BCUT2D eigenvalue weighted by Crippen LogP contribution is 2.13. The lowest BCUT2D eigenvalue weighted by molar-refractivity contribution is -0.192. The second kappa shape index (κ2) is 7.04. The van der Waals surface area contributed by atoms with Gasteiger partial charge in [0.2, 0.25) is 0 Å². The maximum Gasteiger partial charge on any atom is 0.490 e. The van der Waals surface area contributed by atoms with Gasteiger partial charge in [0.25, 0.3) is 0 Å². The van der Waals surface area contributed by atoms with Crippen molar-refractivity contribution in [3.8, 4) is 0 Å². The molecule has 1 fully saturated rings. The normalized spacial score (nSPS) is 19.4. The van der Waals surface area contributed by atoms with Gasteiger partial charge in [-0.05, 0) is 0 Å². The van der Waals surface area contributed by atoms with Crippen LogP contribution in [0.25, 0.3) is 0 Å². The average molecular weight is 282 g/mol. The van der Waals surface area contributed by atoms with Crippen LogP contribution in [0.15, 0.2) is 12.7 Å². The lowest BCUT2D eigenvalue weighted by atomic mass is 10.3. The fraction of sp³-hybridized carbons (Fsp3) is 0.667. The number of alkyl halides is 3. The average Bonchev–Trinajstić information content (AvgIpc) is 2.83. The Morgan fingerprint density at radius 3 is 2.47 bits per heavy atom. The van der Waals surface area contributed by atoms with Crippen molar-refractivity contribution < 1.29 is 27.8 Å². The Morgan fingerprint density at radius 1 is 1.47 bits per heavy atom. The monoisotopic (exact) mass is 282 g/mol. The molecular weight excluding hydrogens is 269 g/mol. The van der Waals surface area contributed by atoms with Crippen LogP contribution >= 0.6 is 0 Å². The summed E-state index contributed by atoms with van der Waals surface area (Å²) in [6.45, 7) is 3.50. The first-order chi connectivity index (χ1) is 8.89. The van der Waals surface area contributed by atoms with Crippen molar-refractivity contribution in [2.45, 2.75) is 18.8 Å². The van der Waals surface area contributed by atoms with Crippen molar-refractivity contribution >= 4 is 5.97 Å². The SMILES string of the molecule is O=C(O)C(F)(F)F.c1nncn1CC1CNCCO1. The number of halogens is 3. The molecule has 2 N–H and O–H groups in total. The van der Waals surface area contributed by atoms with Crippen molar-refractivity contribution in [1.82, 2.24) is 20.1 Å². The number of morpholine rings is 1. The van der Waals surface area contributed by atoms with E-state index in [0.717, 1.165) is 26.2 Å². The molecule has 0 amide bonds. The molecule has 1 aromatic rings. The van der Waals surface area contributed by atoms with Crippen LogP contribution in [0.5, 0.6) is 0 Å². The second-order valence-corrected chi connectivity index (χ2v) is 3.66. The fourth-order valence-electron chi connectivity index (χ4n) is 1.29. The maximum atomic E-state index is 10.6. The van der Waals surface area contributed by atoms with E-state index in [1.54, 1.807) is 12.7 Å². The second-order valence-electron chi connectivity index (χ2n) is 3.66. The highest BCUT2D eigenvalue weighted by atomic mass is 19.4. The van der Waals surface area contributed by atoms with Gasteiger partial charge in [-0.15, -0.1) is 10.2 Å². The third-order valence-electron chi connectivity index (χ3n) is 2.13. The molecular formula is C9H13F3N4O3. The number of rotatable bonds is 2. The molecule has 2 rings (SSSR count). The van der Waals surface area contributed by atoms with E-state index in [1.807, 2.05) is 4.57 Å². The lowest BCUT2D eigenvalue weighted by Crippen LogP contribution is -2.40. The van der Waals surface area contributed by atoms with Crippen molar-refractivity contribution in [2.24, 2.45) is 0 Å². The predicted octanol–water partition coefficient (Wildman–Crippen LogP) is -0.100. The third-order valence-corrected chi connectivity index (χ3v) is 2.13. The van der Waals surface area contributed by atoms with Gasteiger partial charge in [0.05, 0.1) is 19.3 Å². The number of hydrogen-bond donors (Lipinski definition) is 2. The first-order valence-electron chi connectivity index (χ1n) is 5.34. The van der Waals surface area contributed by atoms with Crippen LogP contribution in [0.2, 0.25) is 0 Å². The zero-order valence-electron chi connectivity index (χ0n) is 9.80. The van der Waals surface area contributed by atoms with Crippen LogP contribution in [0.4, 0.5) is 13.2 Å². The van der Waals surface area contributed by atoms with E-state index >= 15 is 0 Å². The molecule has 0 saturated carbocycles. The smallest absolute Gasteiger partial charge is 0.475 e. The summed E-state index contributed by atoms with van der Waals surface area (Å²) in [6, 6.07) is 0. The molecule has 0 aromatic carbocycles. The van der Waals surface area contributed by atoms with Crippen LogP contribution in [0, 0.1) is 0 Å². The minimum Gasteiger partial charge on any atom is -0.475 e. The van der Waals surface area contributed by atoms with E-state index in [1.165, 1.54) is 0 Å². The van der Waals surface area contributed by atoms with Crippen LogP contribution in [-0.2, 0) is 16.1 Å². The number of carboxylic acids is 1. The van der Waals surface area contributed by atoms with Gasteiger partial charge in [-0.2, -0.15) is 13.2 Å². The minimum absolute atomic E-state index is 0.259. The van der Waals surface area contributed by atoms with Gasteiger partial charge in [-0.1, -0.05) is 0 Å². The van der Waals surface area contributed by atoms with Gasteiger partial charge >= 0.3 is 12.1 Å². The van der Waals surface area contributed by atoms with Gasteiger partial charge in [-0.25, -0.2) is 4.79 Å². The molecule has 1 aromatic heterocycles. The Labute approximate surface area is 106 Å². The number of hydrogen-bond acceptors (Lipinski definition) is 5. The maximum absolute atomic E-state index is 10.6. The van der Waals surface area contributed by atoms with Gasteiger partial charge in [0, 0.05) is 13.1 Å². The van der Waals surface area contributed by atoms with Crippen LogP contribution in [0.1, 0.15) is 0 Å². The summed E-state index contributed by atoms with van der Waals surface area (Å²) in [5, 5.41) is 17.8. The zero-order valence-corrected chi connectivity index (χ0v) is 9.80. The van der Waals surface area contributed by atoms with E-state index in [4.69, 9.17) is 14.6 Å². The fourth-order valence-corrected chi connectivity index (χ4v) is 1.29. The molecule has 1 atom stereocenters. The van der Waals surface area contributed by atoms with Crippen LogP contribution < -0.4 is 5.32 Å².